The van der Waals surface area contributed by atoms with Crippen LogP contribution in [0.2, 0.25) is 5.02 Å². The van der Waals surface area contributed by atoms with Crippen LogP contribution in [0.15, 0.2) is 82.6 Å². The number of aromatic carboxylic acids is 1. The minimum absolute atomic E-state index is 0.0871. The first-order chi connectivity index (χ1) is 13.9. The first-order valence-electron chi connectivity index (χ1n) is 8.46. The van der Waals surface area contributed by atoms with E-state index in [0.29, 0.717) is 16.3 Å². The molecule has 0 bridgehead atoms. The second-order valence-corrected chi connectivity index (χ2v) is 7.50. The molecule has 2 N–H and O–H groups in total. The second kappa shape index (κ2) is 9.41. The molecule has 3 aromatic carbocycles. The van der Waals surface area contributed by atoms with Crippen LogP contribution in [0.5, 0.6) is 0 Å². The largest absolute Gasteiger partial charge is 0.478 e. The summed E-state index contributed by atoms with van der Waals surface area (Å²) in [6, 6.07) is 17.5. The molecule has 3 aromatic rings. The second-order valence-electron chi connectivity index (χ2n) is 5.95. The highest BCUT2D eigenvalue weighted by atomic mass is 35.5. The van der Waals surface area contributed by atoms with Crippen molar-refractivity contribution in [3.8, 4) is 0 Å². The number of carbonyl (C=O) groups is 2. The van der Waals surface area contributed by atoms with Crippen LogP contribution >= 0.6 is 23.4 Å². The summed E-state index contributed by atoms with van der Waals surface area (Å²) < 4.78 is 13.0. The summed E-state index contributed by atoms with van der Waals surface area (Å²) in [7, 11) is 0. The molecule has 0 spiro atoms. The lowest BCUT2D eigenvalue weighted by Crippen LogP contribution is -2.08. The Balaban J connectivity index is 1.65. The molecule has 0 radical (unpaired) electrons. The van der Waals surface area contributed by atoms with Gasteiger partial charge in [0.2, 0.25) is 5.91 Å². The maximum Gasteiger partial charge on any atom is 0.335 e. The van der Waals surface area contributed by atoms with Gasteiger partial charge >= 0.3 is 5.97 Å². The van der Waals surface area contributed by atoms with Gasteiger partial charge in [-0.1, -0.05) is 35.5 Å². The maximum atomic E-state index is 13.0. The van der Waals surface area contributed by atoms with Gasteiger partial charge in [0.05, 0.1) is 5.56 Å². The van der Waals surface area contributed by atoms with Crippen molar-refractivity contribution in [3.05, 3.63) is 94.8 Å². The van der Waals surface area contributed by atoms with Gasteiger partial charge in [0, 0.05) is 26.6 Å². The summed E-state index contributed by atoms with van der Waals surface area (Å²) in [6.45, 7) is 0. The summed E-state index contributed by atoms with van der Waals surface area (Å²) >= 11 is 7.75. The predicted octanol–water partition coefficient (Wildman–Crippen LogP) is 5.98. The van der Waals surface area contributed by atoms with Gasteiger partial charge in [0.15, 0.2) is 0 Å². The van der Waals surface area contributed by atoms with Crippen LogP contribution in [0, 0.1) is 5.82 Å². The number of amides is 1. The van der Waals surface area contributed by atoms with Crippen LogP contribution in [0.4, 0.5) is 10.1 Å². The molecule has 0 aliphatic rings. The predicted molar refractivity (Wildman–Crippen MR) is 113 cm³/mol. The van der Waals surface area contributed by atoms with Crippen LogP contribution in [0.1, 0.15) is 15.9 Å². The van der Waals surface area contributed by atoms with Crippen LogP contribution in [0.25, 0.3) is 6.08 Å². The number of anilines is 1. The number of hydrogen-bond donors (Lipinski definition) is 2. The smallest absolute Gasteiger partial charge is 0.335 e. The average Bonchev–Trinajstić information content (AvgIpc) is 2.69. The highest BCUT2D eigenvalue weighted by Gasteiger charge is 2.06. The van der Waals surface area contributed by atoms with Crippen LogP contribution in [-0.4, -0.2) is 17.0 Å². The fourth-order valence-corrected chi connectivity index (χ4v) is 3.59. The molecule has 0 unspecified atom stereocenters. The van der Waals surface area contributed by atoms with Gasteiger partial charge in [-0.15, -0.1) is 0 Å². The van der Waals surface area contributed by atoms with E-state index in [1.54, 1.807) is 42.5 Å². The zero-order valence-corrected chi connectivity index (χ0v) is 16.5. The van der Waals surface area contributed by atoms with Gasteiger partial charge < -0.3 is 10.4 Å². The molecule has 29 heavy (non-hydrogen) atoms. The van der Waals surface area contributed by atoms with Gasteiger partial charge in [-0.25, -0.2) is 9.18 Å². The Bertz CT molecular complexity index is 1080. The quantitative estimate of drug-likeness (QED) is 0.475. The molecule has 3 rings (SSSR count). The normalized spacial score (nSPS) is 10.8. The zero-order chi connectivity index (χ0) is 20.8. The third kappa shape index (κ3) is 5.94. The summed E-state index contributed by atoms with van der Waals surface area (Å²) in [5.74, 6) is -1.77. The minimum Gasteiger partial charge on any atom is -0.478 e. The highest BCUT2D eigenvalue weighted by Crippen LogP contribution is 2.31. The molecule has 0 saturated heterocycles. The Morgan fingerprint density at radius 1 is 1.00 bits per heavy atom. The van der Waals surface area contributed by atoms with E-state index in [1.807, 2.05) is 6.07 Å². The Morgan fingerprint density at radius 3 is 2.41 bits per heavy atom. The third-order valence-corrected chi connectivity index (χ3v) is 5.14. The van der Waals surface area contributed by atoms with E-state index >= 15 is 0 Å². The van der Waals surface area contributed by atoms with Crippen LogP contribution in [-0.2, 0) is 4.79 Å². The molecule has 7 heteroatoms. The molecule has 0 aliphatic heterocycles. The number of carbonyl (C=O) groups excluding carboxylic acids is 1. The molecule has 0 aromatic heterocycles. The molecule has 0 saturated carbocycles. The lowest BCUT2D eigenvalue weighted by atomic mass is 10.2. The number of halogens is 2. The average molecular weight is 428 g/mol. The first kappa shape index (κ1) is 20.6. The Hall–Kier alpha value is -3.09. The molecular formula is C22H15ClFNO3S. The fraction of sp³-hybridized carbons (Fsp3) is 0. The number of benzene rings is 3. The fourth-order valence-electron chi connectivity index (χ4n) is 2.42. The van der Waals surface area contributed by atoms with Crippen LogP contribution in [0.3, 0.4) is 0 Å². The van der Waals surface area contributed by atoms with Crippen molar-refractivity contribution in [1.82, 2.24) is 0 Å². The SMILES string of the molecule is O=C(C=Cc1ccc(Sc2ccc(F)cc2)cc1Cl)Nc1cccc(C(=O)O)c1. The minimum atomic E-state index is -1.07. The molecule has 4 nitrogen and oxygen atoms in total. The van der Waals surface area contributed by atoms with Gasteiger partial charge in [0.1, 0.15) is 5.82 Å². The zero-order valence-electron chi connectivity index (χ0n) is 14.9. The van der Waals surface area contributed by atoms with Crippen molar-refractivity contribution in [2.75, 3.05) is 5.32 Å². The number of hydrogen-bond acceptors (Lipinski definition) is 3. The number of carboxylic acids is 1. The number of rotatable bonds is 6. The van der Waals surface area contributed by atoms with Gasteiger partial charge in [0.25, 0.3) is 0 Å². The highest BCUT2D eigenvalue weighted by molar-refractivity contribution is 7.99. The van der Waals surface area contributed by atoms with Crippen molar-refractivity contribution in [2.45, 2.75) is 9.79 Å². The van der Waals surface area contributed by atoms with Crippen LogP contribution < -0.4 is 5.32 Å². The third-order valence-electron chi connectivity index (χ3n) is 3.81. The van der Waals surface area contributed by atoms with E-state index in [9.17, 15) is 14.0 Å². The molecule has 0 heterocycles. The first-order valence-corrected chi connectivity index (χ1v) is 9.65. The molecule has 0 aliphatic carbocycles. The van der Waals surface area contributed by atoms with Crippen molar-refractivity contribution in [1.29, 1.82) is 0 Å². The summed E-state index contributed by atoms with van der Waals surface area (Å²) in [4.78, 5) is 24.8. The molecular weight excluding hydrogens is 413 g/mol. The monoisotopic (exact) mass is 427 g/mol. The van der Waals surface area contributed by atoms with Crippen molar-refractivity contribution >= 4 is 47.0 Å². The van der Waals surface area contributed by atoms with Crippen molar-refractivity contribution in [3.63, 3.8) is 0 Å². The Morgan fingerprint density at radius 2 is 1.72 bits per heavy atom. The van der Waals surface area contributed by atoms with E-state index in [4.69, 9.17) is 16.7 Å². The van der Waals surface area contributed by atoms with Crippen molar-refractivity contribution in [2.24, 2.45) is 0 Å². The topological polar surface area (TPSA) is 66.4 Å². The van der Waals surface area contributed by atoms with Crippen molar-refractivity contribution < 1.29 is 19.1 Å². The lowest BCUT2D eigenvalue weighted by Gasteiger charge is -2.05. The molecule has 146 valence electrons. The number of nitrogens with one attached hydrogen (secondary N) is 1. The van der Waals surface area contributed by atoms with E-state index in [0.717, 1.165) is 9.79 Å². The van der Waals surface area contributed by atoms with E-state index in [2.05, 4.69) is 5.32 Å². The Kier molecular flexibility index (Phi) is 6.69. The maximum absolute atomic E-state index is 13.0. The summed E-state index contributed by atoms with van der Waals surface area (Å²) in [6.07, 6.45) is 2.90. The molecule has 0 fully saturated rings. The van der Waals surface area contributed by atoms with E-state index in [-0.39, 0.29) is 11.4 Å². The molecule has 1 amide bonds. The summed E-state index contributed by atoms with van der Waals surface area (Å²) in [5.41, 5.74) is 1.13. The summed E-state index contributed by atoms with van der Waals surface area (Å²) in [5, 5.41) is 12.1. The van der Waals surface area contributed by atoms with E-state index in [1.165, 1.54) is 42.1 Å². The Labute approximate surface area is 176 Å². The standard InChI is InChI=1S/C22H15ClFNO3S/c23-20-13-19(29-18-9-6-16(24)7-10-18)8-4-14(20)5-11-21(26)25-17-3-1-2-15(12-17)22(27)28/h1-13H,(H,25,26)(H,27,28). The van der Waals surface area contributed by atoms with Gasteiger partial charge in [-0.2, -0.15) is 0 Å². The molecule has 0 atom stereocenters. The van der Waals surface area contributed by atoms with E-state index < -0.39 is 11.9 Å². The number of carboxylic acid groups (broad SMARTS) is 1. The van der Waals surface area contributed by atoms with Gasteiger partial charge in [-0.05, 0) is 66.2 Å². The lowest BCUT2D eigenvalue weighted by molar-refractivity contribution is -0.111. The van der Waals surface area contributed by atoms with Gasteiger partial charge in [-0.3, -0.25) is 4.79 Å².